The van der Waals surface area contributed by atoms with Crippen LogP contribution in [0.5, 0.6) is 5.88 Å². The number of nitrogens with zero attached hydrogens (tertiary/aromatic N) is 4. The number of hydrogen-bond donors (Lipinski definition) is 1. The van der Waals surface area contributed by atoms with Crippen LogP contribution < -0.4 is 15.0 Å². The van der Waals surface area contributed by atoms with E-state index in [4.69, 9.17) is 4.74 Å². The van der Waals surface area contributed by atoms with E-state index in [-0.39, 0.29) is 0 Å². The maximum atomic E-state index is 5.50. The predicted molar refractivity (Wildman–Crippen MR) is 79.1 cm³/mol. The van der Waals surface area contributed by atoms with Gasteiger partial charge in [-0.15, -0.1) is 0 Å². The standard InChI is InChI=1S/C14H19N5O/c1-4-20-14-11(6-5-7-15-14)9-16-12-8-13(19(2)3)18-10-17-12/h5-8,10H,4,9H2,1-3H3,(H,16,17,18). The highest BCUT2D eigenvalue weighted by atomic mass is 16.5. The van der Waals surface area contributed by atoms with Crippen molar-refractivity contribution in [2.75, 3.05) is 30.9 Å². The molecule has 0 saturated carbocycles. The van der Waals surface area contributed by atoms with Gasteiger partial charge in [-0.3, -0.25) is 0 Å². The van der Waals surface area contributed by atoms with Crippen molar-refractivity contribution in [3.63, 3.8) is 0 Å². The van der Waals surface area contributed by atoms with Crippen LogP contribution in [0.2, 0.25) is 0 Å². The van der Waals surface area contributed by atoms with Crippen LogP contribution in [-0.2, 0) is 6.54 Å². The molecule has 0 aliphatic carbocycles. The lowest BCUT2D eigenvalue weighted by Gasteiger charge is -2.13. The number of hydrogen-bond acceptors (Lipinski definition) is 6. The van der Waals surface area contributed by atoms with Crippen LogP contribution in [0.15, 0.2) is 30.7 Å². The molecule has 0 saturated heterocycles. The second kappa shape index (κ2) is 6.70. The number of aromatic nitrogens is 3. The summed E-state index contributed by atoms with van der Waals surface area (Å²) in [5.74, 6) is 2.29. The first-order valence-corrected chi connectivity index (χ1v) is 6.50. The number of ether oxygens (including phenoxy) is 1. The maximum absolute atomic E-state index is 5.50. The van der Waals surface area contributed by atoms with Crippen molar-refractivity contribution < 1.29 is 4.74 Å². The summed E-state index contributed by atoms with van der Waals surface area (Å²) in [5.41, 5.74) is 0.999. The van der Waals surface area contributed by atoms with E-state index < -0.39 is 0 Å². The minimum absolute atomic E-state index is 0.600. The Kier molecular flexibility index (Phi) is 4.70. The van der Waals surface area contributed by atoms with Crippen molar-refractivity contribution in [3.8, 4) is 5.88 Å². The molecule has 0 amide bonds. The fraction of sp³-hybridized carbons (Fsp3) is 0.357. The lowest BCUT2D eigenvalue weighted by Crippen LogP contribution is -2.12. The molecule has 0 spiro atoms. The maximum Gasteiger partial charge on any atom is 0.218 e. The molecule has 0 unspecified atom stereocenters. The zero-order valence-corrected chi connectivity index (χ0v) is 12.0. The molecule has 0 radical (unpaired) electrons. The van der Waals surface area contributed by atoms with Gasteiger partial charge in [0.25, 0.3) is 0 Å². The van der Waals surface area contributed by atoms with E-state index in [1.165, 1.54) is 0 Å². The van der Waals surface area contributed by atoms with E-state index >= 15 is 0 Å². The number of rotatable bonds is 6. The van der Waals surface area contributed by atoms with Gasteiger partial charge in [-0.25, -0.2) is 15.0 Å². The molecule has 2 aromatic heterocycles. The van der Waals surface area contributed by atoms with E-state index in [2.05, 4.69) is 20.3 Å². The minimum Gasteiger partial charge on any atom is -0.478 e. The third-order valence-electron chi connectivity index (χ3n) is 2.70. The summed E-state index contributed by atoms with van der Waals surface area (Å²) >= 11 is 0. The van der Waals surface area contributed by atoms with Crippen LogP contribution in [-0.4, -0.2) is 35.7 Å². The summed E-state index contributed by atoms with van der Waals surface area (Å²) in [6.45, 7) is 3.15. The smallest absolute Gasteiger partial charge is 0.218 e. The van der Waals surface area contributed by atoms with Gasteiger partial charge in [-0.2, -0.15) is 0 Å². The fourth-order valence-corrected chi connectivity index (χ4v) is 1.70. The number of pyridine rings is 1. The normalized spacial score (nSPS) is 10.2. The van der Waals surface area contributed by atoms with E-state index in [0.717, 1.165) is 17.2 Å². The molecule has 20 heavy (non-hydrogen) atoms. The summed E-state index contributed by atoms with van der Waals surface area (Å²) < 4.78 is 5.50. The van der Waals surface area contributed by atoms with Crippen LogP contribution >= 0.6 is 0 Å². The Morgan fingerprint density at radius 1 is 1.25 bits per heavy atom. The highest BCUT2D eigenvalue weighted by Crippen LogP contribution is 2.17. The second-order valence-corrected chi connectivity index (χ2v) is 4.41. The molecule has 106 valence electrons. The Balaban J connectivity index is 2.07. The van der Waals surface area contributed by atoms with E-state index in [1.54, 1.807) is 12.5 Å². The van der Waals surface area contributed by atoms with E-state index in [0.29, 0.717) is 19.0 Å². The summed E-state index contributed by atoms with van der Waals surface area (Å²) in [6.07, 6.45) is 3.27. The van der Waals surface area contributed by atoms with Gasteiger partial charge in [0.05, 0.1) is 6.61 Å². The van der Waals surface area contributed by atoms with Crippen molar-refractivity contribution in [2.24, 2.45) is 0 Å². The molecule has 0 fully saturated rings. The van der Waals surface area contributed by atoms with Gasteiger partial charge in [-0.1, -0.05) is 6.07 Å². The van der Waals surface area contributed by atoms with E-state index in [9.17, 15) is 0 Å². The minimum atomic E-state index is 0.600. The largest absolute Gasteiger partial charge is 0.478 e. The van der Waals surface area contributed by atoms with Gasteiger partial charge in [0, 0.05) is 38.5 Å². The average Bonchev–Trinajstić information content (AvgIpc) is 2.47. The first-order chi connectivity index (χ1) is 9.70. The highest BCUT2D eigenvalue weighted by molar-refractivity contribution is 5.48. The second-order valence-electron chi connectivity index (χ2n) is 4.41. The van der Waals surface area contributed by atoms with Gasteiger partial charge >= 0.3 is 0 Å². The molecular weight excluding hydrogens is 254 g/mol. The van der Waals surface area contributed by atoms with Crippen LogP contribution in [0.25, 0.3) is 0 Å². The Hall–Kier alpha value is -2.37. The van der Waals surface area contributed by atoms with Crippen molar-refractivity contribution in [1.82, 2.24) is 15.0 Å². The molecule has 2 aromatic rings. The van der Waals surface area contributed by atoms with E-state index in [1.807, 2.05) is 44.1 Å². The van der Waals surface area contributed by atoms with Crippen molar-refractivity contribution in [2.45, 2.75) is 13.5 Å². The summed E-state index contributed by atoms with van der Waals surface area (Å²) in [5, 5.41) is 3.26. The molecular formula is C14H19N5O. The van der Waals surface area contributed by atoms with Gasteiger partial charge in [0.2, 0.25) is 5.88 Å². The molecule has 6 nitrogen and oxygen atoms in total. The molecule has 0 aliphatic heterocycles. The fourth-order valence-electron chi connectivity index (χ4n) is 1.70. The Bertz CT molecular complexity index is 559. The first-order valence-electron chi connectivity index (χ1n) is 6.50. The van der Waals surface area contributed by atoms with Crippen molar-refractivity contribution >= 4 is 11.6 Å². The molecule has 0 aromatic carbocycles. The van der Waals surface area contributed by atoms with Crippen molar-refractivity contribution in [1.29, 1.82) is 0 Å². The quantitative estimate of drug-likeness (QED) is 0.868. The Morgan fingerprint density at radius 2 is 2.10 bits per heavy atom. The summed E-state index contributed by atoms with van der Waals surface area (Å²) in [7, 11) is 3.89. The third kappa shape index (κ3) is 3.57. The lowest BCUT2D eigenvalue weighted by atomic mass is 10.2. The zero-order chi connectivity index (χ0) is 14.4. The monoisotopic (exact) mass is 273 g/mol. The molecule has 0 bridgehead atoms. The molecule has 1 N–H and O–H groups in total. The Morgan fingerprint density at radius 3 is 2.85 bits per heavy atom. The summed E-state index contributed by atoms with van der Waals surface area (Å²) in [4.78, 5) is 14.5. The number of nitrogens with one attached hydrogen (secondary N) is 1. The van der Waals surface area contributed by atoms with Crippen LogP contribution in [0.4, 0.5) is 11.6 Å². The molecule has 2 heterocycles. The lowest BCUT2D eigenvalue weighted by molar-refractivity contribution is 0.323. The van der Waals surface area contributed by atoms with Crippen LogP contribution in [0.3, 0.4) is 0 Å². The Labute approximate surface area is 118 Å². The van der Waals surface area contributed by atoms with Gasteiger partial charge in [0.15, 0.2) is 0 Å². The molecule has 0 aliphatic rings. The highest BCUT2D eigenvalue weighted by Gasteiger charge is 2.05. The van der Waals surface area contributed by atoms with Gasteiger partial charge in [0.1, 0.15) is 18.0 Å². The topological polar surface area (TPSA) is 63.2 Å². The molecule has 2 rings (SSSR count). The average molecular weight is 273 g/mol. The van der Waals surface area contributed by atoms with Crippen molar-refractivity contribution in [3.05, 3.63) is 36.3 Å². The van der Waals surface area contributed by atoms with Crippen LogP contribution in [0, 0.1) is 0 Å². The number of anilines is 2. The third-order valence-corrected chi connectivity index (χ3v) is 2.70. The molecule has 0 atom stereocenters. The van der Waals surface area contributed by atoms with Crippen LogP contribution in [0.1, 0.15) is 12.5 Å². The SMILES string of the molecule is CCOc1ncccc1CNc1cc(N(C)C)ncn1. The first kappa shape index (κ1) is 14.0. The summed E-state index contributed by atoms with van der Waals surface area (Å²) in [6, 6.07) is 5.78. The molecule has 6 heteroatoms. The predicted octanol–water partition coefficient (Wildman–Crippen LogP) is 1.95. The zero-order valence-electron chi connectivity index (χ0n) is 12.0. The van der Waals surface area contributed by atoms with Gasteiger partial charge < -0.3 is 15.0 Å². The van der Waals surface area contributed by atoms with Gasteiger partial charge in [-0.05, 0) is 13.0 Å².